The van der Waals surface area contributed by atoms with Crippen LogP contribution in [0.4, 0.5) is 0 Å². The number of ether oxygens (including phenoxy) is 2. The van der Waals surface area contributed by atoms with Crippen LogP contribution in [0.1, 0.15) is 24.1 Å². The number of nitrogens with one attached hydrogen (secondary N) is 1. The number of amides is 2. The smallest absolute Gasteiger partial charge is 0.245 e. The number of hydrogen-bond acceptors (Lipinski definition) is 5. The highest BCUT2D eigenvalue weighted by molar-refractivity contribution is 5.97. The zero-order valence-electron chi connectivity index (χ0n) is 20.0. The van der Waals surface area contributed by atoms with Crippen molar-refractivity contribution in [2.45, 2.75) is 38.1 Å². The molecule has 4 saturated heterocycles. The Labute approximate surface area is 208 Å². The lowest BCUT2D eigenvalue weighted by Crippen LogP contribution is -2.60. The molecule has 8 nitrogen and oxygen atoms in total. The Morgan fingerprint density at radius 1 is 0.972 bits per heavy atom. The number of fused-ring (bicyclic) bond motifs is 8. The first-order valence-electron chi connectivity index (χ1n) is 13.0. The van der Waals surface area contributed by atoms with Crippen LogP contribution in [0, 0.1) is 11.8 Å². The maximum absolute atomic E-state index is 12.7. The zero-order valence-corrected chi connectivity index (χ0v) is 20.0. The van der Waals surface area contributed by atoms with Crippen LogP contribution in [0.15, 0.2) is 42.5 Å². The molecule has 1 aromatic heterocycles. The van der Waals surface area contributed by atoms with Crippen LogP contribution in [-0.2, 0) is 22.6 Å². The van der Waals surface area contributed by atoms with Crippen molar-refractivity contribution in [1.82, 2.24) is 19.7 Å². The van der Waals surface area contributed by atoms with Crippen LogP contribution in [-0.4, -0.2) is 64.7 Å². The van der Waals surface area contributed by atoms with Gasteiger partial charge in [-0.25, -0.2) is 0 Å². The molecule has 3 atom stereocenters. The van der Waals surface area contributed by atoms with E-state index in [1.54, 1.807) is 4.90 Å². The SMILES string of the molecule is O=C1NCC(=O)N2Cc3c(c4ccccc4n3-c3ccc4c(c3)OC([C@H]3CN5CCC3CC5)O4)CC12. The summed E-state index contributed by atoms with van der Waals surface area (Å²) in [7, 11) is 0. The minimum Gasteiger partial charge on any atom is -0.451 e. The molecule has 0 radical (unpaired) electrons. The van der Waals surface area contributed by atoms with Crippen LogP contribution in [0.25, 0.3) is 16.6 Å². The van der Waals surface area contributed by atoms with Gasteiger partial charge in [0.05, 0.1) is 18.6 Å². The highest BCUT2D eigenvalue weighted by Crippen LogP contribution is 2.44. The fraction of sp³-hybridized carbons (Fsp3) is 0.429. The third-order valence-corrected chi connectivity index (χ3v) is 8.95. The number of rotatable bonds is 2. The van der Waals surface area contributed by atoms with E-state index in [-0.39, 0.29) is 24.6 Å². The minimum atomic E-state index is -0.447. The fourth-order valence-electron chi connectivity index (χ4n) is 7.10. The van der Waals surface area contributed by atoms with Gasteiger partial charge in [-0.05, 0) is 55.6 Å². The van der Waals surface area contributed by atoms with Gasteiger partial charge in [0.1, 0.15) is 6.04 Å². The molecule has 2 amide bonds. The average Bonchev–Trinajstić information content (AvgIpc) is 3.49. The predicted molar refractivity (Wildman–Crippen MR) is 132 cm³/mol. The molecule has 0 aliphatic carbocycles. The molecule has 6 aliphatic rings. The molecule has 0 spiro atoms. The van der Waals surface area contributed by atoms with Crippen molar-refractivity contribution >= 4 is 22.7 Å². The van der Waals surface area contributed by atoms with E-state index in [1.807, 2.05) is 18.2 Å². The van der Waals surface area contributed by atoms with Gasteiger partial charge in [-0.1, -0.05) is 18.2 Å². The van der Waals surface area contributed by atoms with Gasteiger partial charge in [0.2, 0.25) is 18.1 Å². The third-order valence-electron chi connectivity index (χ3n) is 8.95. The van der Waals surface area contributed by atoms with Gasteiger partial charge in [0.15, 0.2) is 11.5 Å². The number of piperazine rings is 1. The summed E-state index contributed by atoms with van der Waals surface area (Å²) in [6.07, 6.45) is 2.74. The van der Waals surface area contributed by atoms with Gasteiger partial charge in [-0.3, -0.25) is 9.59 Å². The zero-order chi connectivity index (χ0) is 24.0. The molecule has 8 heteroatoms. The molecule has 0 saturated carbocycles. The first kappa shape index (κ1) is 20.7. The lowest BCUT2D eigenvalue weighted by atomic mass is 9.79. The van der Waals surface area contributed by atoms with Crippen LogP contribution in [0.3, 0.4) is 0 Å². The highest BCUT2D eigenvalue weighted by atomic mass is 16.7. The van der Waals surface area contributed by atoms with Crippen molar-refractivity contribution in [1.29, 1.82) is 0 Å². The highest BCUT2D eigenvalue weighted by Gasteiger charge is 2.44. The van der Waals surface area contributed by atoms with Gasteiger partial charge in [0.25, 0.3) is 0 Å². The number of carbonyl (C=O) groups excluding carboxylic acids is 2. The molecular weight excluding hydrogens is 456 g/mol. The predicted octanol–water partition coefficient (Wildman–Crippen LogP) is 2.45. The number of nitrogens with zero attached hydrogens (tertiary/aromatic N) is 3. The maximum Gasteiger partial charge on any atom is 0.245 e. The van der Waals surface area contributed by atoms with Crippen LogP contribution < -0.4 is 14.8 Å². The Morgan fingerprint density at radius 3 is 2.64 bits per heavy atom. The lowest BCUT2D eigenvalue weighted by molar-refractivity contribution is -0.146. The number of hydrogen-bond donors (Lipinski definition) is 1. The summed E-state index contributed by atoms with van der Waals surface area (Å²) in [4.78, 5) is 29.5. The normalized spacial score (nSPS) is 30.3. The maximum atomic E-state index is 12.7. The quantitative estimate of drug-likeness (QED) is 0.605. The average molecular weight is 485 g/mol. The molecule has 7 heterocycles. The van der Waals surface area contributed by atoms with E-state index < -0.39 is 6.04 Å². The first-order valence-corrected chi connectivity index (χ1v) is 13.0. The van der Waals surface area contributed by atoms with Gasteiger partial charge in [0, 0.05) is 41.7 Å². The van der Waals surface area contributed by atoms with Crippen LogP contribution >= 0.6 is 0 Å². The molecule has 9 rings (SSSR count). The summed E-state index contributed by atoms with van der Waals surface area (Å²) >= 11 is 0. The molecule has 184 valence electrons. The van der Waals surface area contributed by atoms with E-state index in [0.29, 0.717) is 24.8 Å². The van der Waals surface area contributed by atoms with Gasteiger partial charge in [-0.15, -0.1) is 0 Å². The van der Waals surface area contributed by atoms with E-state index in [1.165, 1.54) is 25.9 Å². The Hall–Kier alpha value is -3.52. The van der Waals surface area contributed by atoms with Crippen LogP contribution in [0.5, 0.6) is 11.5 Å². The standard InChI is InChI=1S/C28H28N4O4/c33-26-13-29-27(34)22-12-19-18-3-1-2-4-21(18)32(23(19)15-31(22)26)17-5-6-24-25(11-17)36-28(35-24)20-14-30-9-7-16(20)8-10-30/h1-6,11,16,20,22,28H,7-10,12-15H2,(H,29,34)/t20-,22?,28?/m0/s1. The van der Waals surface area contributed by atoms with E-state index >= 15 is 0 Å². The van der Waals surface area contributed by atoms with E-state index in [2.05, 4.69) is 39.0 Å². The van der Waals surface area contributed by atoms with Gasteiger partial charge < -0.3 is 29.2 Å². The molecule has 1 N–H and O–H groups in total. The summed E-state index contributed by atoms with van der Waals surface area (Å²) in [5.74, 6) is 2.54. The van der Waals surface area contributed by atoms with Gasteiger partial charge in [-0.2, -0.15) is 0 Å². The van der Waals surface area contributed by atoms with Crippen LogP contribution in [0.2, 0.25) is 0 Å². The Morgan fingerprint density at radius 2 is 1.81 bits per heavy atom. The van der Waals surface area contributed by atoms with E-state index in [9.17, 15) is 9.59 Å². The summed E-state index contributed by atoms with van der Waals surface area (Å²) < 4.78 is 15.0. The second-order valence-electron chi connectivity index (χ2n) is 10.8. The summed E-state index contributed by atoms with van der Waals surface area (Å²) in [5, 5.41) is 3.87. The van der Waals surface area contributed by atoms with E-state index in [0.717, 1.165) is 45.9 Å². The molecule has 2 bridgehead atoms. The molecule has 3 aromatic rings. The second kappa shape index (κ2) is 7.49. The third kappa shape index (κ3) is 2.91. The van der Waals surface area contributed by atoms with E-state index in [4.69, 9.17) is 9.47 Å². The Bertz CT molecular complexity index is 1420. The van der Waals surface area contributed by atoms with Crippen molar-refractivity contribution in [2.24, 2.45) is 11.8 Å². The second-order valence-corrected chi connectivity index (χ2v) is 10.8. The fourth-order valence-corrected chi connectivity index (χ4v) is 7.10. The van der Waals surface area contributed by atoms with Crippen molar-refractivity contribution in [3.05, 3.63) is 53.7 Å². The first-order chi connectivity index (χ1) is 17.6. The molecule has 36 heavy (non-hydrogen) atoms. The number of benzene rings is 2. The Balaban J connectivity index is 1.18. The minimum absolute atomic E-state index is 0.0342. The summed E-state index contributed by atoms with van der Waals surface area (Å²) in [6.45, 7) is 3.91. The molecule has 2 aromatic carbocycles. The topological polar surface area (TPSA) is 76.0 Å². The van der Waals surface area contributed by atoms with Gasteiger partial charge >= 0.3 is 0 Å². The van der Waals surface area contributed by atoms with Crippen molar-refractivity contribution in [2.75, 3.05) is 26.2 Å². The number of carbonyl (C=O) groups is 2. The monoisotopic (exact) mass is 484 g/mol. The Kier molecular flexibility index (Phi) is 4.30. The number of piperidine rings is 3. The molecule has 4 fully saturated rings. The lowest BCUT2D eigenvalue weighted by Gasteiger charge is -2.45. The van der Waals surface area contributed by atoms with Crippen molar-refractivity contribution in [3.8, 4) is 17.2 Å². The molecular formula is C28H28N4O4. The van der Waals surface area contributed by atoms with Crippen molar-refractivity contribution < 1.29 is 19.1 Å². The number of para-hydroxylation sites is 1. The largest absolute Gasteiger partial charge is 0.451 e. The number of aromatic nitrogens is 1. The summed E-state index contributed by atoms with van der Waals surface area (Å²) in [5.41, 5.74) is 4.25. The molecule has 2 unspecified atom stereocenters. The van der Waals surface area contributed by atoms with Crippen molar-refractivity contribution in [3.63, 3.8) is 0 Å². The summed E-state index contributed by atoms with van der Waals surface area (Å²) in [6, 6.07) is 14.0. The molecule has 6 aliphatic heterocycles.